The van der Waals surface area contributed by atoms with E-state index < -0.39 is 12.1 Å². The van der Waals surface area contributed by atoms with Crippen molar-refractivity contribution in [3.05, 3.63) is 71.3 Å². The number of aliphatic carboxylic acids is 1. The Morgan fingerprint density at radius 2 is 1.44 bits per heavy atom. The molecular weight excluding hydrogens is 331 g/mol. The van der Waals surface area contributed by atoms with Crippen LogP contribution in [0.5, 0.6) is 0 Å². The van der Waals surface area contributed by atoms with Crippen LogP contribution in [0.4, 0.5) is 0 Å². The Hall–Kier alpha value is -1.53. The molecule has 1 saturated heterocycles. The average molecular weight is 360 g/mol. The molecule has 1 fully saturated rings. The molecular formula is C23H29LiO3. The van der Waals surface area contributed by atoms with Crippen molar-refractivity contribution in [1.29, 1.82) is 0 Å². The summed E-state index contributed by atoms with van der Waals surface area (Å²) in [5.74, 6) is -0.861. The zero-order chi connectivity index (χ0) is 18.2. The molecule has 0 saturated carbocycles. The van der Waals surface area contributed by atoms with Crippen LogP contribution < -0.4 is 18.9 Å². The molecule has 2 atom stereocenters. The third-order valence-corrected chi connectivity index (χ3v) is 5.10. The van der Waals surface area contributed by atoms with E-state index in [-0.39, 0.29) is 26.4 Å². The van der Waals surface area contributed by atoms with Gasteiger partial charge in [0.15, 0.2) is 6.10 Å². The maximum absolute atomic E-state index is 11.0. The summed E-state index contributed by atoms with van der Waals surface area (Å²) in [6, 6.07) is 18.8. The molecule has 1 unspecified atom stereocenters. The smallest absolute Gasteiger partial charge is 1.00 e. The molecule has 1 N–H and O–H groups in total. The number of hydrogen-bond acceptors (Lipinski definition) is 2. The van der Waals surface area contributed by atoms with Crippen molar-refractivity contribution >= 4 is 5.97 Å². The van der Waals surface area contributed by atoms with Gasteiger partial charge in [-0.3, -0.25) is 0 Å². The van der Waals surface area contributed by atoms with E-state index in [1.54, 1.807) is 0 Å². The Morgan fingerprint density at radius 1 is 0.852 bits per heavy atom. The van der Waals surface area contributed by atoms with Crippen molar-refractivity contribution in [3.63, 3.8) is 0 Å². The minimum absolute atomic E-state index is 0. The van der Waals surface area contributed by atoms with Gasteiger partial charge in [0.2, 0.25) is 0 Å². The average Bonchev–Trinajstić information content (AvgIpc) is 3.46. The standard InChI is InChI=1S/C23H28O3.Li.H/c24-23(25)22-21(26-22)20-17-11-10-16-19(20)15-9-4-2-1-3-6-12-18-13-7-5-8-14-18;;/h5,7-8,10-11,13-14,16-17,21-22H,1-4,6,9,12,15H2,(H,24,25);;/q;+1;-1/t21?,22-;;/m1../s1. The quantitative estimate of drug-likeness (QED) is 0.380. The summed E-state index contributed by atoms with van der Waals surface area (Å²) in [4.78, 5) is 11.0. The molecule has 0 bridgehead atoms. The van der Waals surface area contributed by atoms with E-state index in [9.17, 15) is 4.79 Å². The number of benzene rings is 2. The molecule has 4 heteroatoms. The van der Waals surface area contributed by atoms with E-state index in [2.05, 4.69) is 36.4 Å². The van der Waals surface area contributed by atoms with Crippen LogP contribution in [0.15, 0.2) is 54.6 Å². The first-order chi connectivity index (χ1) is 12.8. The van der Waals surface area contributed by atoms with Crippen LogP contribution >= 0.6 is 0 Å². The molecule has 1 heterocycles. The summed E-state index contributed by atoms with van der Waals surface area (Å²) in [7, 11) is 0. The summed E-state index contributed by atoms with van der Waals surface area (Å²) >= 11 is 0. The fourth-order valence-electron chi connectivity index (χ4n) is 3.57. The number of epoxide rings is 1. The molecule has 140 valence electrons. The Balaban J connectivity index is 0.00000196. The van der Waals surface area contributed by atoms with E-state index in [1.807, 2.05) is 18.2 Å². The van der Waals surface area contributed by atoms with Gasteiger partial charge in [-0.25, -0.2) is 4.79 Å². The van der Waals surface area contributed by atoms with Gasteiger partial charge in [0, 0.05) is 0 Å². The van der Waals surface area contributed by atoms with Crippen molar-refractivity contribution in [2.75, 3.05) is 0 Å². The number of carbonyl (C=O) groups is 1. The monoisotopic (exact) mass is 360 g/mol. The van der Waals surface area contributed by atoms with Crippen molar-refractivity contribution in [3.8, 4) is 0 Å². The van der Waals surface area contributed by atoms with Crippen LogP contribution in [0, 0.1) is 0 Å². The number of unbranched alkanes of at least 4 members (excludes halogenated alkanes) is 5. The fraction of sp³-hybridized carbons (Fsp3) is 0.435. The van der Waals surface area contributed by atoms with Gasteiger partial charge in [-0.05, 0) is 42.4 Å². The second kappa shape index (κ2) is 11.3. The summed E-state index contributed by atoms with van der Waals surface area (Å²) in [6.07, 6.45) is 8.79. The Bertz CT molecular complexity index is 708. The number of aryl methyl sites for hydroxylation is 2. The van der Waals surface area contributed by atoms with Crippen LogP contribution in [0.2, 0.25) is 0 Å². The van der Waals surface area contributed by atoms with Crippen molar-refractivity contribution in [1.82, 2.24) is 0 Å². The molecule has 3 nitrogen and oxygen atoms in total. The number of carboxylic acid groups (broad SMARTS) is 1. The number of rotatable bonds is 11. The van der Waals surface area contributed by atoms with Crippen LogP contribution in [-0.2, 0) is 22.4 Å². The molecule has 0 spiro atoms. The largest absolute Gasteiger partial charge is 1.00 e. The van der Waals surface area contributed by atoms with Crippen LogP contribution in [0.3, 0.4) is 0 Å². The van der Waals surface area contributed by atoms with Gasteiger partial charge in [0.05, 0.1) is 0 Å². The van der Waals surface area contributed by atoms with Crippen molar-refractivity contribution in [2.45, 2.75) is 63.6 Å². The van der Waals surface area contributed by atoms with E-state index in [1.165, 1.54) is 49.7 Å². The molecule has 0 radical (unpaired) electrons. The number of hydrogen-bond donors (Lipinski definition) is 1. The molecule has 27 heavy (non-hydrogen) atoms. The van der Waals surface area contributed by atoms with Gasteiger partial charge in [0.25, 0.3) is 0 Å². The molecule has 2 aromatic carbocycles. The third-order valence-electron chi connectivity index (χ3n) is 5.10. The minimum Gasteiger partial charge on any atom is -1.00 e. The van der Waals surface area contributed by atoms with Gasteiger partial charge in [0.1, 0.15) is 6.10 Å². The van der Waals surface area contributed by atoms with Gasteiger partial charge in [-0.2, -0.15) is 0 Å². The normalized spacial score (nSPS) is 17.9. The first-order valence-corrected chi connectivity index (χ1v) is 9.75. The van der Waals surface area contributed by atoms with Crippen molar-refractivity contribution < 1.29 is 34.9 Å². The molecule has 1 aliphatic rings. The zero-order valence-electron chi connectivity index (χ0n) is 17.3. The Morgan fingerprint density at radius 3 is 2.11 bits per heavy atom. The summed E-state index contributed by atoms with van der Waals surface area (Å²) < 4.78 is 5.31. The first kappa shape index (κ1) is 21.8. The van der Waals surface area contributed by atoms with E-state index >= 15 is 0 Å². The molecule has 3 rings (SSSR count). The van der Waals surface area contributed by atoms with Crippen LogP contribution in [-0.4, -0.2) is 17.2 Å². The second-order valence-electron chi connectivity index (χ2n) is 7.12. The summed E-state index contributed by atoms with van der Waals surface area (Å²) in [5, 5.41) is 9.04. The molecule has 0 aromatic heterocycles. The van der Waals surface area contributed by atoms with Gasteiger partial charge in [-0.1, -0.05) is 80.3 Å². The second-order valence-corrected chi connectivity index (χ2v) is 7.12. The van der Waals surface area contributed by atoms with Gasteiger partial charge < -0.3 is 11.3 Å². The zero-order valence-corrected chi connectivity index (χ0v) is 16.3. The Kier molecular flexibility index (Phi) is 9.14. The maximum atomic E-state index is 11.0. The third kappa shape index (κ3) is 6.85. The SMILES string of the molecule is O=C(O)[C@@H]1OC1c1ccccc1CCCCCCCCc1ccccc1.[H-].[Li+]. The van der Waals surface area contributed by atoms with Gasteiger partial charge >= 0.3 is 24.8 Å². The first-order valence-electron chi connectivity index (χ1n) is 9.75. The molecule has 0 aliphatic carbocycles. The van der Waals surface area contributed by atoms with Crippen molar-refractivity contribution in [2.24, 2.45) is 0 Å². The maximum Gasteiger partial charge on any atom is 1.00 e. The molecule has 1 aliphatic heterocycles. The summed E-state index contributed by atoms with van der Waals surface area (Å²) in [5.41, 5.74) is 3.74. The van der Waals surface area contributed by atoms with Crippen LogP contribution in [0.25, 0.3) is 0 Å². The summed E-state index contributed by atoms with van der Waals surface area (Å²) in [6.45, 7) is 0. The predicted octanol–water partition coefficient (Wildman–Crippen LogP) is 2.45. The van der Waals surface area contributed by atoms with Gasteiger partial charge in [-0.15, -0.1) is 0 Å². The number of ether oxygens (including phenoxy) is 1. The Labute approximate surface area is 175 Å². The minimum atomic E-state index is -0.861. The molecule has 2 aromatic rings. The van der Waals surface area contributed by atoms with E-state index in [0.717, 1.165) is 18.4 Å². The van der Waals surface area contributed by atoms with E-state index in [4.69, 9.17) is 9.84 Å². The van der Waals surface area contributed by atoms with E-state index in [0.29, 0.717) is 0 Å². The topological polar surface area (TPSA) is 49.8 Å². The predicted molar refractivity (Wildman–Crippen MR) is 104 cm³/mol. The number of carboxylic acids is 1. The fourth-order valence-corrected chi connectivity index (χ4v) is 3.57. The van der Waals surface area contributed by atoms with Crippen LogP contribution in [0.1, 0.15) is 62.7 Å². The molecule has 0 amide bonds.